The molecular formula is C15H15N3O2S. The molecule has 0 atom stereocenters. The topological polar surface area (TPSA) is 62.3 Å². The Labute approximate surface area is 126 Å². The molecule has 1 aromatic carbocycles. The Kier molecular flexibility index (Phi) is 3.70. The maximum Gasteiger partial charge on any atom is 0.244 e. The van der Waals surface area contributed by atoms with E-state index in [1.807, 2.05) is 36.6 Å². The number of nitrogens with one attached hydrogen (secondary N) is 1. The van der Waals surface area contributed by atoms with Gasteiger partial charge in [-0.25, -0.2) is 4.98 Å². The van der Waals surface area contributed by atoms with Gasteiger partial charge in [0, 0.05) is 17.6 Å². The van der Waals surface area contributed by atoms with Crippen LogP contribution >= 0.6 is 11.3 Å². The molecule has 2 heterocycles. The minimum Gasteiger partial charge on any atom is -0.329 e. The molecule has 0 saturated heterocycles. The normalized spacial score (nSPS) is 14.3. The molecule has 2 amide bonds. The smallest absolute Gasteiger partial charge is 0.244 e. The number of thiazole rings is 1. The molecule has 108 valence electrons. The van der Waals surface area contributed by atoms with Crippen LogP contribution in [0.5, 0.6) is 0 Å². The molecule has 5 nitrogen and oxygen atoms in total. The third-order valence-corrected chi connectivity index (χ3v) is 4.16. The van der Waals surface area contributed by atoms with Crippen molar-refractivity contribution in [1.82, 2.24) is 9.88 Å². The van der Waals surface area contributed by atoms with Gasteiger partial charge in [0.05, 0.1) is 17.1 Å². The number of hydrogen-bond acceptors (Lipinski definition) is 4. The van der Waals surface area contributed by atoms with E-state index in [0.29, 0.717) is 6.54 Å². The Morgan fingerprint density at radius 3 is 2.95 bits per heavy atom. The minimum atomic E-state index is -0.164. The lowest BCUT2D eigenvalue weighted by Crippen LogP contribution is -2.36. The van der Waals surface area contributed by atoms with Gasteiger partial charge in [0.1, 0.15) is 6.54 Å². The highest BCUT2D eigenvalue weighted by Gasteiger charge is 2.23. The monoisotopic (exact) mass is 301 g/mol. The summed E-state index contributed by atoms with van der Waals surface area (Å²) in [5, 5.41) is 5.66. The SMILES string of the molecule is Cc1nc(CC(=O)N2CC(=O)Nc3ccccc3C2)cs1. The first-order chi connectivity index (χ1) is 10.1. The number of aryl methyl sites for hydroxylation is 1. The molecule has 1 aromatic heterocycles. The molecule has 21 heavy (non-hydrogen) atoms. The molecule has 6 heteroatoms. The lowest BCUT2D eigenvalue weighted by atomic mass is 10.1. The zero-order valence-corrected chi connectivity index (χ0v) is 12.4. The van der Waals surface area contributed by atoms with E-state index in [1.165, 1.54) is 11.3 Å². The van der Waals surface area contributed by atoms with Crippen LogP contribution in [0, 0.1) is 6.92 Å². The summed E-state index contributed by atoms with van der Waals surface area (Å²) in [6.45, 7) is 2.43. The number of fused-ring (bicyclic) bond motifs is 1. The van der Waals surface area contributed by atoms with Gasteiger partial charge >= 0.3 is 0 Å². The van der Waals surface area contributed by atoms with E-state index >= 15 is 0 Å². The van der Waals surface area contributed by atoms with Crippen LogP contribution in [0.4, 0.5) is 5.69 Å². The van der Waals surface area contributed by atoms with Crippen LogP contribution in [0.1, 0.15) is 16.3 Å². The van der Waals surface area contributed by atoms with Gasteiger partial charge in [0.15, 0.2) is 0 Å². The first kappa shape index (κ1) is 13.8. The highest BCUT2D eigenvalue weighted by atomic mass is 32.1. The van der Waals surface area contributed by atoms with Crippen LogP contribution in [0.15, 0.2) is 29.6 Å². The van der Waals surface area contributed by atoms with E-state index in [9.17, 15) is 9.59 Å². The molecule has 1 N–H and O–H groups in total. The fraction of sp³-hybridized carbons (Fsp3) is 0.267. The molecule has 3 rings (SSSR count). The van der Waals surface area contributed by atoms with Crippen LogP contribution in [0.3, 0.4) is 0 Å². The summed E-state index contributed by atoms with van der Waals surface area (Å²) in [6, 6.07) is 7.55. The van der Waals surface area contributed by atoms with Crippen molar-refractivity contribution in [3.8, 4) is 0 Å². The number of hydrogen-bond donors (Lipinski definition) is 1. The van der Waals surface area contributed by atoms with E-state index in [2.05, 4.69) is 10.3 Å². The maximum absolute atomic E-state index is 12.4. The summed E-state index contributed by atoms with van der Waals surface area (Å²) in [4.78, 5) is 30.2. The van der Waals surface area contributed by atoms with Crippen molar-refractivity contribution in [1.29, 1.82) is 0 Å². The predicted octanol–water partition coefficient (Wildman–Crippen LogP) is 1.97. The van der Waals surface area contributed by atoms with Gasteiger partial charge in [-0.1, -0.05) is 18.2 Å². The number of benzene rings is 1. The number of anilines is 1. The van der Waals surface area contributed by atoms with Crippen LogP contribution < -0.4 is 5.32 Å². The summed E-state index contributed by atoms with van der Waals surface area (Å²) in [6.07, 6.45) is 0.236. The standard InChI is InChI=1S/C15H15N3O2S/c1-10-16-12(9-21-10)6-15(20)18-7-11-4-2-3-5-13(11)17-14(19)8-18/h2-5,9H,6-8H2,1H3,(H,17,19). The molecule has 0 spiro atoms. The summed E-state index contributed by atoms with van der Waals surface area (Å²) in [5.41, 5.74) is 2.49. The van der Waals surface area contributed by atoms with Gasteiger partial charge in [-0.3, -0.25) is 9.59 Å². The number of nitrogens with zero attached hydrogens (tertiary/aromatic N) is 2. The van der Waals surface area contributed by atoms with Crippen LogP contribution in [-0.2, 0) is 22.6 Å². The average molecular weight is 301 g/mol. The zero-order chi connectivity index (χ0) is 14.8. The molecule has 0 saturated carbocycles. The second-order valence-electron chi connectivity index (χ2n) is 4.99. The summed E-state index contributed by atoms with van der Waals surface area (Å²) >= 11 is 1.53. The molecule has 0 radical (unpaired) electrons. The lowest BCUT2D eigenvalue weighted by molar-refractivity contribution is -0.134. The molecule has 0 unspecified atom stereocenters. The van der Waals surface area contributed by atoms with E-state index in [4.69, 9.17) is 0 Å². The van der Waals surface area contributed by atoms with Gasteiger partial charge in [-0.05, 0) is 18.6 Å². The molecule has 1 aliphatic heterocycles. The lowest BCUT2D eigenvalue weighted by Gasteiger charge is -2.19. The number of aromatic nitrogens is 1. The Hall–Kier alpha value is -2.21. The molecule has 0 fully saturated rings. The number of amides is 2. The Morgan fingerprint density at radius 1 is 1.38 bits per heavy atom. The highest BCUT2D eigenvalue weighted by molar-refractivity contribution is 7.09. The number of carbonyl (C=O) groups is 2. The predicted molar refractivity (Wildman–Crippen MR) is 81.0 cm³/mol. The summed E-state index contributed by atoms with van der Waals surface area (Å²) in [7, 11) is 0. The highest BCUT2D eigenvalue weighted by Crippen LogP contribution is 2.21. The van der Waals surface area contributed by atoms with Crippen molar-refractivity contribution in [3.05, 3.63) is 45.9 Å². The molecule has 0 aliphatic carbocycles. The summed E-state index contributed by atoms with van der Waals surface area (Å²) in [5.74, 6) is -0.241. The largest absolute Gasteiger partial charge is 0.329 e. The number of rotatable bonds is 2. The van der Waals surface area contributed by atoms with E-state index < -0.39 is 0 Å². The second kappa shape index (κ2) is 5.65. The van der Waals surface area contributed by atoms with Crippen molar-refractivity contribution in [3.63, 3.8) is 0 Å². The first-order valence-corrected chi connectivity index (χ1v) is 7.56. The Morgan fingerprint density at radius 2 is 2.19 bits per heavy atom. The van der Waals surface area contributed by atoms with Crippen LogP contribution in [0.2, 0.25) is 0 Å². The van der Waals surface area contributed by atoms with E-state index in [-0.39, 0.29) is 24.8 Å². The molecular weight excluding hydrogens is 286 g/mol. The average Bonchev–Trinajstić information content (AvgIpc) is 2.76. The van der Waals surface area contributed by atoms with Crippen molar-refractivity contribution in [2.24, 2.45) is 0 Å². The van der Waals surface area contributed by atoms with Crippen molar-refractivity contribution in [2.75, 3.05) is 11.9 Å². The Bertz CT molecular complexity index is 696. The van der Waals surface area contributed by atoms with Crippen molar-refractivity contribution in [2.45, 2.75) is 19.9 Å². The fourth-order valence-corrected chi connectivity index (χ4v) is 2.95. The van der Waals surface area contributed by atoms with Gasteiger partial charge in [0.25, 0.3) is 0 Å². The van der Waals surface area contributed by atoms with Crippen molar-refractivity contribution < 1.29 is 9.59 Å². The van der Waals surface area contributed by atoms with E-state index in [0.717, 1.165) is 22.0 Å². The number of para-hydroxylation sites is 1. The maximum atomic E-state index is 12.4. The third kappa shape index (κ3) is 3.11. The van der Waals surface area contributed by atoms with Crippen molar-refractivity contribution >= 4 is 28.8 Å². The second-order valence-corrected chi connectivity index (χ2v) is 6.05. The Balaban J connectivity index is 1.78. The number of carbonyl (C=O) groups excluding carboxylic acids is 2. The van der Waals surface area contributed by atoms with Gasteiger partial charge in [0.2, 0.25) is 11.8 Å². The van der Waals surface area contributed by atoms with Crippen LogP contribution in [0.25, 0.3) is 0 Å². The zero-order valence-electron chi connectivity index (χ0n) is 11.6. The molecule has 2 aromatic rings. The van der Waals surface area contributed by atoms with E-state index in [1.54, 1.807) is 4.90 Å². The van der Waals surface area contributed by atoms with Gasteiger partial charge < -0.3 is 10.2 Å². The summed E-state index contributed by atoms with van der Waals surface area (Å²) < 4.78 is 0. The van der Waals surface area contributed by atoms with Gasteiger partial charge in [-0.15, -0.1) is 11.3 Å². The van der Waals surface area contributed by atoms with Gasteiger partial charge in [-0.2, -0.15) is 0 Å². The minimum absolute atomic E-state index is 0.0767. The molecule has 1 aliphatic rings. The first-order valence-electron chi connectivity index (χ1n) is 6.68. The quantitative estimate of drug-likeness (QED) is 0.922. The molecule has 0 bridgehead atoms. The van der Waals surface area contributed by atoms with Crippen LogP contribution in [-0.4, -0.2) is 28.2 Å². The fourth-order valence-electron chi connectivity index (χ4n) is 2.34. The third-order valence-electron chi connectivity index (χ3n) is 3.34.